The lowest BCUT2D eigenvalue weighted by Crippen LogP contribution is -2.24. The van der Waals surface area contributed by atoms with Crippen molar-refractivity contribution < 1.29 is 4.79 Å². The van der Waals surface area contributed by atoms with Crippen LogP contribution in [0.2, 0.25) is 0 Å². The Kier molecular flexibility index (Phi) is 6.93. The number of aromatic nitrogens is 3. The molecule has 0 saturated carbocycles. The first-order valence-electron chi connectivity index (χ1n) is 8.93. The Morgan fingerprint density at radius 3 is 2.82 bits per heavy atom. The number of nitrogen functional groups attached to an aromatic ring is 1. The minimum absolute atomic E-state index is 0.0675. The smallest absolute Gasteiger partial charge is 0.256 e. The highest BCUT2D eigenvalue weighted by atomic mass is 16.1. The van der Waals surface area contributed by atoms with Crippen molar-refractivity contribution in [2.24, 2.45) is 0 Å². The number of anilines is 1. The molecule has 0 aromatic carbocycles. The molecule has 2 aromatic heterocycles. The van der Waals surface area contributed by atoms with Gasteiger partial charge in [-0.2, -0.15) is 10.4 Å². The lowest BCUT2D eigenvalue weighted by Gasteiger charge is -2.11. The Hall–Kier alpha value is -3.60. The number of aryl methyl sites for hydroxylation is 2. The normalized spacial score (nSPS) is 10.6. The highest BCUT2D eigenvalue weighted by Gasteiger charge is 2.17. The van der Waals surface area contributed by atoms with Crippen LogP contribution in [0.3, 0.4) is 0 Å². The maximum absolute atomic E-state index is 12.6. The van der Waals surface area contributed by atoms with Crippen LogP contribution in [0, 0.1) is 25.2 Å². The second-order valence-electron chi connectivity index (χ2n) is 6.32. The van der Waals surface area contributed by atoms with E-state index >= 15 is 0 Å². The van der Waals surface area contributed by atoms with Gasteiger partial charge in [-0.15, -0.1) is 0 Å². The largest absolute Gasteiger partial charge is 0.384 e. The fourth-order valence-electron chi connectivity index (χ4n) is 2.67. The predicted octanol–water partition coefficient (Wildman–Crippen LogP) is 2.31. The standard InChI is InChI=1S/C20H25N7O/c1-5-6-7-14(3)24-12-27-11-17(18(9-21)26-27)20(28)23-10-16-13(2)8-19(22)25-15(16)4/h6-8,11,24H,3,5,10,12H2,1-2,4H3,(H2,22,25)(H,23,28)/b7-6-. The Morgan fingerprint density at radius 1 is 1.43 bits per heavy atom. The average molecular weight is 379 g/mol. The molecule has 8 heteroatoms. The van der Waals surface area contributed by atoms with Crippen LogP contribution in [0.15, 0.2) is 36.7 Å². The van der Waals surface area contributed by atoms with Gasteiger partial charge in [-0.3, -0.25) is 9.48 Å². The van der Waals surface area contributed by atoms with Crippen LogP contribution in [0.1, 0.15) is 46.2 Å². The van der Waals surface area contributed by atoms with Crippen molar-refractivity contribution in [3.05, 3.63) is 64.8 Å². The fraction of sp³-hybridized carbons (Fsp3) is 0.300. The topological polar surface area (TPSA) is 122 Å². The molecule has 0 radical (unpaired) electrons. The predicted molar refractivity (Wildman–Crippen MR) is 108 cm³/mol. The van der Waals surface area contributed by atoms with E-state index in [2.05, 4.69) is 27.3 Å². The van der Waals surface area contributed by atoms with Gasteiger partial charge in [-0.25, -0.2) is 4.98 Å². The third-order valence-electron chi connectivity index (χ3n) is 4.13. The summed E-state index contributed by atoms with van der Waals surface area (Å²) >= 11 is 0. The number of allylic oxidation sites excluding steroid dienone is 2. The van der Waals surface area contributed by atoms with Crippen LogP contribution in [0.5, 0.6) is 0 Å². The van der Waals surface area contributed by atoms with Crippen molar-refractivity contribution in [2.45, 2.75) is 40.4 Å². The maximum atomic E-state index is 12.6. The lowest BCUT2D eigenvalue weighted by atomic mass is 10.1. The summed E-state index contributed by atoms with van der Waals surface area (Å²) in [5, 5.41) is 19.3. The third-order valence-corrected chi connectivity index (χ3v) is 4.13. The van der Waals surface area contributed by atoms with Crippen LogP contribution in [-0.4, -0.2) is 20.7 Å². The fourth-order valence-corrected chi connectivity index (χ4v) is 2.67. The Morgan fingerprint density at radius 2 is 2.18 bits per heavy atom. The van der Waals surface area contributed by atoms with Crippen molar-refractivity contribution >= 4 is 11.7 Å². The lowest BCUT2D eigenvalue weighted by molar-refractivity contribution is 0.0950. The van der Waals surface area contributed by atoms with Gasteiger partial charge in [0.15, 0.2) is 5.69 Å². The summed E-state index contributed by atoms with van der Waals surface area (Å²) in [6.45, 7) is 10.3. The van der Waals surface area contributed by atoms with E-state index in [1.807, 2.05) is 39.0 Å². The number of nitrogens with one attached hydrogen (secondary N) is 2. The molecule has 0 saturated heterocycles. The number of carbonyl (C=O) groups is 1. The molecule has 0 fully saturated rings. The van der Waals surface area contributed by atoms with E-state index in [1.54, 1.807) is 12.3 Å². The second-order valence-corrected chi connectivity index (χ2v) is 6.32. The minimum Gasteiger partial charge on any atom is -0.384 e. The van der Waals surface area contributed by atoms with Crippen LogP contribution in [-0.2, 0) is 13.2 Å². The van der Waals surface area contributed by atoms with Gasteiger partial charge in [0, 0.05) is 24.1 Å². The molecule has 0 spiro atoms. The molecule has 2 rings (SSSR count). The number of carbonyl (C=O) groups excluding carboxylic acids is 1. The van der Waals surface area contributed by atoms with Crippen LogP contribution >= 0.6 is 0 Å². The molecule has 0 aliphatic heterocycles. The summed E-state index contributed by atoms with van der Waals surface area (Å²) < 4.78 is 1.50. The van der Waals surface area contributed by atoms with Gasteiger partial charge in [0.25, 0.3) is 5.91 Å². The van der Waals surface area contributed by atoms with Gasteiger partial charge in [0.2, 0.25) is 0 Å². The molecule has 28 heavy (non-hydrogen) atoms. The summed E-state index contributed by atoms with van der Waals surface area (Å²) in [6, 6.07) is 3.72. The average Bonchev–Trinajstić information content (AvgIpc) is 3.07. The van der Waals surface area contributed by atoms with E-state index < -0.39 is 0 Å². The van der Waals surface area contributed by atoms with Gasteiger partial charge in [0.05, 0.1) is 5.56 Å². The van der Waals surface area contributed by atoms with Crippen LogP contribution < -0.4 is 16.4 Å². The number of nitrogens with two attached hydrogens (primary N) is 1. The molecule has 1 amide bonds. The van der Waals surface area contributed by atoms with Gasteiger partial charge >= 0.3 is 0 Å². The molecular weight excluding hydrogens is 354 g/mol. The summed E-state index contributed by atoms with van der Waals surface area (Å²) in [7, 11) is 0. The highest BCUT2D eigenvalue weighted by Crippen LogP contribution is 2.15. The van der Waals surface area contributed by atoms with Crippen molar-refractivity contribution in [2.75, 3.05) is 5.73 Å². The number of hydrogen-bond donors (Lipinski definition) is 3. The van der Waals surface area contributed by atoms with Crippen LogP contribution in [0.4, 0.5) is 5.82 Å². The van der Waals surface area contributed by atoms with Crippen molar-refractivity contribution in [1.82, 2.24) is 25.4 Å². The number of nitrogens with zero attached hydrogens (tertiary/aromatic N) is 4. The Labute approximate surface area is 164 Å². The summed E-state index contributed by atoms with van der Waals surface area (Å²) in [5.74, 6) is 0.0733. The molecule has 4 N–H and O–H groups in total. The molecule has 2 heterocycles. The molecule has 8 nitrogen and oxygen atoms in total. The Bertz CT molecular complexity index is 927. The maximum Gasteiger partial charge on any atom is 0.256 e. The zero-order valence-electron chi connectivity index (χ0n) is 16.4. The quantitative estimate of drug-likeness (QED) is 0.605. The van der Waals surface area contributed by atoms with Crippen molar-refractivity contribution in [1.29, 1.82) is 5.26 Å². The van der Waals surface area contributed by atoms with E-state index in [9.17, 15) is 10.1 Å². The second kappa shape index (κ2) is 9.37. The van der Waals surface area contributed by atoms with Crippen molar-refractivity contribution in [3.63, 3.8) is 0 Å². The molecule has 0 unspecified atom stereocenters. The number of nitriles is 1. The van der Waals surface area contributed by atoms with Crippen LogP contribution in [0.25, 0.3) is 0 Å². The van der Waals surface area contributed by atoms with Gasteiger partial charge in [-0.1, -0.05) is 19.6 Å². The minimum atomic E-state index is -0.372. The first-order chi connectivity index (χ1) is 13.3. The monoisotopic (exact) mass is 379 g/mol. The molecule has 0 aliphatic rings. The highest BCUT2D eigenvalue weighted by molar-refractivity contribution is 5.95. The summed E-state index contributed by atoms with van der Waals surface area (Å²) in [4.78, 5) is 16.8. The molecule has 2 aromatic rings. The zero-order valence-corrected chi connectivity index (χ0v) is 16.4. The first-order valence-corrected chi connectivity index (χ1v) is 8.93. The number of hydrogen-bond acceptors (Lipinski definition) is 6. The zero-order chi connectivity index (χ0) is 20.7. The Balaban J connectivity index is 2.07. The number of rotatable bonds is 8. The molecule has 146 valence electrons. The summed E-state index contributed by atoms with van der Waals surface area (Å²) in [6.07, 6.45) is 6.30. The number of pyridine rings is 1. The van der Waals surface area contributed by atoms with Gasteiger partial charge in [0.1, 0.15) is 18.6 Å². The van der Waals surface area contributed by atoms with E-state index in [4.69, 9.17) is 5.73 Å². The van der Waals surface area contributed by atoms with E-state index in [1.165, 1.54) is 4.68 Å². The molecule has 0 aliphatic carbocycles. The van der Waals surface area contributed by atoms with Gasteiger partial charge in [-0.05, 0) is 43.5 Å². The first kappa shape index (κ1) is 20.7. The van der Waals surface area contributed by atoms with Gasteiger partial charge < -0.3 is 16.4 Å². The third kappa shape index (κ3) is 5.20. The number of amides is 1. The summed E-state index contributed by atoms with van der Waals surface area (Å²) in [5.41, 5.74) is 9.35. The van der Waals surface area contributed by atoms with E-state index in [0.29, 0.717) is 12.5 Å². The molecule has 0 bridgehead atoms. The SMILES string of the molecule is C=C(/C=C\CC)NCn1cc(C(=O)NCc2c(C)cc(N)nc2C)c(C#N)n1. The molecule has 0 atom stereocenters. The molecular formula is C20H25N7O. The van der Waals surface area contributed by atoms with E-state index in [0.717, 1.165) is 28.9 Å². The van der Waals surface area contributed by atoms with E-state index in [-0.39, 0.29) is 23.7 Å². The van der Waals surface area contributed by atoms with Crippen molar-refractivity contribution in [3.8, 4) is 6.07 Å².